The summed E-state index contributed by atoms with van der Waals surface area (Å²) in [6.07, 6.45) is 0. The summed E-state index contributed by atoms with van der Waals surface area (Å²) < 4.78 is 0. The molecule has 0 heterocycles. The predicted molar refractivity (Wildman–Crippen MR) is 97.5 cm³/mol. The van der Waals surface area contributed by atoms with Crippen LogP contribution in [0.2, 0.25) is 0 Å². The van der Waals surface area contributed by atoms with Crippen LogP contribution in [0.15, 0.2) is 0 Å². The van der Waals surface area contributed by atoms with Crippen molar-refractivity contribution in [3.63, 3.8) is 0 Å². The molecule has 0 N–H and O–H groups in total. The van der Waals surface area contributed by atoms with Gasteiger partial charge in [0.25, 0.3) is 0 Å². The van der Waals surface area contributed by atoms with Gasteiger partial charge in [0.2, 0.25) is 0 Å². The summed E-state index contributed by atoms with van der Waals surface area (Å²) in [6, 6.07) is 0. The van der Waals surface area contributed by atoms with Gasteiger partial charge >= 0.3 is 21.1 Å². The molecule has 0 aromatic carbocycles. The van der Waals surface area contributed by atoms with Crippen molar-refractivity contribution in [1.82, 2.24) is 0 Å². The van der Waals surface area contributed by atoms with Gasteiger partial charge in [0.1, 0.15) is 0 Å². The van der Waals surface area contributed by atoms with Crippen LogP contribution in [0.5, 0.6) is 0 Å². The summed E-state index contributed by atoms with van der Waals surface area (Å²) in [6.45, 7) is 20.4. The molecular formula is C12H39MoP3+3. The first-order valence-electron chi connectivity index (χ1n) is 4.50. The average molecular weight is 372 g/mol. The topological polar surface area (TPSA) is 0 Å². The van der Waals surface area contributed by atoms with Gasteiger partial charge in [-0.3, -0.25) is 0 Å². The Labute approximate surface area is 127 Å². The summed E-state index contributed by atoms with van der Waals surface area (Å²) in [4.78, 5) is 0. The third kappa shape index (κ3) is 916. The van der Waals surface area contributed by atoms with Crippen molar-refractivity contribution in [2.24, 2.45) is 0 Å². The molecule has 0 aliphatic heterocycles. The van der Waals surface area contributed by atoms with Gasteiger partial charge in [-0.2, -0.15) is 0 Å². The molecule has 0 spiro atoms. The molecule has 0 aromatic heterocycles. The first-order chi connectivity index (χ1) is 5.20. The van der Waals surface area contributed by atoms with Gasteiger partial charge in [-0.05, 0) is 23.8 Å². The maximum absolute atomic E-state index is 2.27. The second kappa shape index (κ2) is 36.0. The summed E-state index contributed by atoms with van der Waals surface area (Å²) >= 11 is 0. The number of hydrogen-bond acceptors (Lipinski definition) is 0. The smallest absolute Gasteiger partial charge is 0.358 e. The van der Waals surface area contributed by atoms with Crippen LogP contribution in [0, 0.1) is 22.3 Å². The molecule has 0 aliphatic rings. The van der Waals surface area contributed by atoms with E-state index in [4.69, 9.17) is 0 Å². The quantitative estimate of drug-likeness (QED) is 0.331. The average Bonchev–Trinajstić information content (AvgIpc) is 1.54. The van der Waals surface area contributed by atoms with Crippen LogP contribution >= 0.6 is 23.8 Å². The van der Waals surface area contributed by atoms with Gasteiger partial charge in [0, 0.05) is 60.0 Å². The molecule has 0 fully saturated rings. The normalized spacial score (nSPS) is 6.75. The first-order valence-corrected chi connectivity index (χ1v) is 13.5. The minimum absolute atomic E-state index is 0. The Morgan fingerprint density at radius 1 is 0.375 bits per heavy atom. The Kier molecular flexibility index (Phi) is 96.7. The van der Waals surface area contributed by atoms with E-state index in [2.05, 4.69) is 60.0 Å². The van der Waals surface area contributed by atoms with E-state index in [1.165, 1.54) is 0 Å². The molecular weight excluding hydrogens is 333 g/mol. The van der Waals surface area contributed by atoms with E-state index >= 15 is 0 Å². The molecule has 0 aliphatic carbocycles. The van der Waals surface area contributed by atoms with Crippen molar-refractivity contribution in [2.75, 3.05) is 60.0 Å². The zero-order valence-corrected chi connectivity index (χ0v) is 18.9. The maximum atomic E-state index is 2.27. The van der Waals surface area contributed by atoms with Crippen LogP contribution in [0.25, 0.3) is 0 Å². The van der Waals surface area contributed by atoms with Gasteiger partial charge < -0.3 is 22.3 Å². The Bertz CT molecular complexity index is 44.8. The zero-order valence-electron chi connectivity index (χ0n) is 13.9. The van der Waals surface area contributed by atoms with E-state index in [0.717, 1.165) is 0 Å². The van der Waals surface area contributed by atoms with Gasteiger partial charge in [0.15, 0.2) is 0 Å². The van der Waals surface area contributed by atoms with Crippen molar-refractivity contribution in [1.29, 1.82) is 0 Å². The monoisotopic (exact) mass is 374 g/mol. The van der Waals surface area contributed by atoms with Crippen LogP contribution in [0.1, 0.15) is 0 Å². The van der Waals surface area contributed by atoms with E-state index < -0.39 is 0 Å². The Morgan fingerprint density at radius 2 is 0.375 bits per heavy atom. The molecule has 16 heavy (non-hydrogen) atoms. The van der Waals surface area contributed by atoms with E-state index in [1.807, 2.05) is 0 Å². The molecule has 0 saturated heterocycles. The summed E-state index contributed by atoms with van der Waals surface area (Å²) in [7, 11) is 0.361. The van der Waals surface area contributed by atoms with Gasteiger partial charge in [0.05, 0.1) is 0 Å². The number of rotatable bonds is 0. The summed E-state index contributed by atoms with van der Waals surface area (Å²) in [5.74, 6) is 0. The number of hydrogen-bond donors (Lipinski definition) is 0. The largest absolute Gasteiger partial charge is 3.00 e. The molecule has 0 bridgehead atoms. The van der Waals surface area contributed by atoms with E-state index in [-0.39, 0.29) is 67.1 Å². The third-order valence-electron chi connectivity index (χ3n) is 0. The predicted octanol–water partition coefficient (Wildman–Crippen LogP) is 4.62. The minimum atomic E-state index is 0. The summed E-state index contributed by atoms with van der Waals surface area (Å²) in [5.41, 5.74) is 0. The van der Waals surface area contributed by atoms with Crippen LogP contribution < -0.4 is 0 Å². The van der Waals surface area contributed by atoms with Crippen LogP contribution in [-0.2, 0) is 21.1 Å². The molecule has 0 nitrogen and oxygen atoms in total. The van der Waals surface area contributed by atoms with Crippen LogP contribution in [-0.4, -0.2) is 60.0 Å². The molecule has 105 valence electrons. The minimum Gasteiger partial charge on any atom is -0.358 e. The van der Waals surface area contributed by atoms with Crippen molar-refractivity contribution >= 4 is 23.8 Å². The standard InChI is InChI=1S/3C3H9P.3CH3.Mo/c3*1-4(2)3;;;;/h3*1-3H3;3*1H3;/q;;;3*-1;+3/p+3. The van der Waals surface area contributed by atoms with Crippen molar-refractivity contribution in [2.45, 2.75) is 0 Å². The second-order valence-corrected chi connectivity index (χ2v) is 13.5. The van der Waals surface area contributed by atoms with E-state index in [0.29, 0.717) is 0 Å². The van der Waals surface area contributed by atoms with Crippen LogP contribution in [0.4, 0.5) is 0 Å². The molecule has 0 unspecified atom stereocenters. The molecule has 0 saturated carbocycles. The van der Waals surface area contributed by atoms with E-state index in [9.17, 15) is 0 Å². The van der Waals surface area contributed by atoms with Gasteiger partial charge in [-0.15, -0.1) is 0 Å². The summed E-state index contributed by atoms with van der Waals surface area (Å²) in [5, 5.41) is 0. The first kappa shape index (κ1) is 43.0. The van der Waals surface area contributed by atoms with Crippen LogP contribution in [0.3, 0.4) is 0 Å². The Balaban J connectivity index is -0.0000000135. The van der Waals surface area contributed by atoms with Crippen molar-refractivity contribution in [3.8, 4) is 0 Å². The van der Waals surface area contributed by atoms with Gasteiger partial charge in [-0.1, -0.05) is 0 Å². The maximum Gasteiger partial charge on any atom is 3.00 e. The Hall–Kier alpha value is 1.98. The Morgan fingerprint density at radius 3 is 0.375 bits per heavy atom. The SMILES string of the molecule is C[PH+](C)C.C[PH+](C)C.C[PH+](C)C.[CH3-].[CH3-].[CH3-].[Mo+3]. The fourth-order valence-corrected chi connectivity index (χ4v) is 0. The van der Waals surface area contributed by atoms with Gasteiger partial charge in [-0.25, -0.2) is 0 Å². The second-order valence-electron chi connectivity index (χ2n) is 4.50. The molecule has 0 atom stereocenters. The fourth-order valence-electron chi connectivity index (χ4n) is 0. The van der Waals surface area contributed by atoms with Crippen molar-refractivity contribution < 1.29 is 21.1 Å². The molecule has 0 rings (SSSR count). The molecule has 1 radical (unpaired) electrons. The van der Waals surface area contributed by atoms with E-state index in [1.54, 1.807) is 0 Å². The van der Waals surface area contributed by atoms with Crippen molar-refractivity contribution in [3.05, 3.63) is 22.3 Å². The zero-order chi connectivity index (χ0) is 10.7. The molecule has 0 aromatic rings. The molecule has 4 heteroatoms. The fraction of sp³-hybridized carbons (Fsp3) is 0.750. The molecule has 0 amide bonds. The third-order valence-corrected chi connectivity index (χ3v) is 0.